The largest absolute Gasteiger partial charge is 0.355 e. The molecule has 1 unspecified atom stereocenters. The van der Waals surface area contributed by atoms with Gasteiger partial charge in [0.25, 0.3) is 0 Å². The third kappa shape index (κ3) is 4.45. The van der Waals surface area contributed by atoms with Crippen molar-refractivity contribution in [3.63, 3.8) is 0 Å². The van der Waals surface area contributed by atoms with Gasteiger partial charge in [0.1, 0.15) is 23.0 Å². The van der Waals surface area contributed by atoms with Crippen LogP contribution in [0.4, 0.5) is 19.3 Å². The van der Waals surface area contributed by atoms with Crippen molar-refractivity contribution in [3.8, 4) is 0 Å². The molecule has 7 heteroatoms. The van der Waals surface area contributed by atoms with E-state index in [0.717, 1.165) is 57.1 Å². The zero-order valence-corrected chi connectivity index (χ0v) is 21.6. The number of rotatable bonds is 5. The van der Waals surface area contributed by atoms with Gasteiger partial charge >= 0.3 is 6.03 Å². The van der Waals surface area contributed by atoms with Crippen LogP contribution in [0.1, 0.15) is 57.4 Å². The number of benzene rings is 2. The summed E-state index contributed by atoms with van der Waals surface area (Å²) in [6.07, 6.45) is 7.94. The summed E-state index contributed by atoms with van der Waals surface area (Å²) in [6, 6.07) is 13.3. The van der Waals surface area contributed by atoms with Crippen molar-refractivity contribution in [3.05, 3.63) is 65.7 Å². The fourth-order valence-corrected chi connectivity index (χ4v) is 7.03. The Hall–Kier alpha value is -2.80. The molecule has 2 aromatic carbocycles. The molecule has 6 rings (SSSR count). The molecular weight excluding hydrogens is 470 g/mol. The number of carbonyl (C=O) groups excluding carboxylic acids is 1. The molecule has 3 atom stereocenters. The minimum Gasteiger partial charge on any atom is -0.355 e. The standard InChI is InChI=1S/C30H36F2N4O/c1-21-19-30(14-16-34(21)20-22-7-4-8-22)28(33-29(37)36(30)26-11-5-10-24(31)18-26)35-15-6-12-25(35)17-23-9-2-3-13-27(23)32/h2-3,5,9-11,13,18,21-22,25H,4,6-8,12,14-17,19-20H2,1H3/t21-,25?,30-/m1/s1. The minimum absolute atomic E-state index is 0.0797. The lowest BCUT2D eigenvalue weighted by molar-refractivity contribution is 0.0875. The number of aliphatic imine (C=N–C) groups is 1. The number of nitrogens with zero attached hydrogens (tertiary/aromatic N) is 4. The maximum absolute atomic E-state index is 14.6. The van der Waals surface area contributed by atoms with E-state index < -0.39 is 5.54 Å². The van der Waals surface area contributed by atoms with E-state index in [-0.39, 0.29) is 29.7 Å². The van der Waals surface area contributed by atoms with Crippen LogP contribution in [0, 0.1) is 17.6 Å². The Morgan fingerprint density at radius 1 is 1.03 bits per heavy atom. The quantitative estimate of drug-likeness (QED) is 0.497. The first-order valence-corrected chi connectivity index (χ1v) is 13.9. The molecule has 0 N–H and O–H groups in total. The Bertz CT molecular complexity index is 1200. The first kappa shape index (κ1) is 24.5. The van der Waals surface area contributed by atoms with Crippen molar-refractivity contribution in [2.45, 2.75) is 75.9 Å². The summed E-state index contributed by atoms with van der Waals surface area (Å²) < 4.78 is 28.9. The van der Waals surface area contributed by atoms with Gasteiger partial charge < -0.3 is 9.80 Å². The molecule has 3 fully saturated rings. The minimum atomic E-state index is -0.627. The Morgan fingerprint density at radius 2 is 1.86 bits per heavy atom. The van der Waals surface area contributed by atoms with Crippen LogP contribution in [0.15, 0.2) is 53.5 Å². The van der Waals surface area contributed by atoms with Gasteiger partial charge in [0.2, 0.25) is 0 Å². The highest BCUT2D eigenvalue weighted by atomic mass is 19.1. The molecule has 1 spiro atoms. The van der Waals surface area contributed by atoms with Gasteiger partial charge in [-0.3, -0.25) is 4.90 Å². The third-order valence-corrected chi connectivity index (χ3v) is 9.15. The smallest absolute Gasteiger partial charge is 0.350 e. The van der Waals surface area contributed by atoms with E-state index in [9.17, 15) is 13.6 Å². The second-order valence-corrected chi connectivity index (χ2v) is 11.4. The average Bonchev–Trinajstić information content (AvgIpc) is 3.40. The maximum atomic E-state index is 14.6. The van der Waals surface area contributed by atoms with Gasteiger partial charge in [0.15, 0.2) is 0 Å². The lowest BCUT2D eigenvalue weighted by Gasteiger charge is -2.51. The highest BCUT2D eigenvalue weighted by molar-refractivity contribution is 6.16. The summed E-state index contributed by atoms with van der Waals surface area (Å²) in [6.45, 7) is 5.04. The van der Waals surface area contributed by atoms with Crippen LogP contribution in [0.2, 0.25) is 0 Å². The predicted octanol–water partition coefficient (Wildman–Crippen LogP) is 6.03. The van der Waals surface area contributed by atoms with E-state index in [0.29, 0.717) is 17.7 Å². The molecule has 2 aromatic rings. The molecule has 37 heavy (non-hydrogen) atoms. The van der Waals surface area contributed by atoms with Crippen molar-refractivity contribution >= 4 is 17.6 Å². The van der Waals surface area contributed by atoms with Crippen LogP contribution >= 0.6 is 0 Å². The van der Waals surface area contributed by atoms with Crippen molar-refractivity contribution in [2.24, 2.45) is 10.9 Å². The summed E-state index contributed by atoms with van der Waals surface area (Å²) in [7, 11) is 0. The number of likely N-dealkylation sites (tertiary alicyclic amines) is 2. The second kappa shape index (κ2) is 9.82. The van der Waals surface area contributed by atoms with Crippen LogP contribution in [-0.2, 0) is 6.42 Å². The molecule has 1 saturated carbocycles. The van der Waals surface area contributed by atoms with Crippen molar-refractivity contribution < 1.29 is 13.6 Å². The number of halogens is 2. The Balaban J connectivity index is 1.34. The number of anilines is 1. The fraction of sp³-hybridized carbons (Fsp3) is 0.533. The van der Waals surface area contributed by atoms with E-state index in [1.54, 1.807) is 17.0 Å². The molecule has 2 saturated heterocycles. The topological polar surface area (TPSA) is 39.1 Å². The molecule has 3 aliphatic heterocycles. The van der Waals surface area contributed by atoms with Gasteiger partial charge in [0.05, 0.1) is 0 Å². The molecule has 5 nitrogen and oxygen atoms in total. The highest BCUT2D eigenvalue weighted by Crippen LogP contribution is 2.44. The Kier molecular flexibility index (Phi) is 6.51. The lowest BCUT2D eigenvalue weighted by atomic mass is 9.78. The van der Waals surface area contributed by atoms with Gasteiger partial charge in [0, 0.05) is 37.4 Å². The molecule has 196 valence electrons. The molecule has 1 aliphatic carbocycles. The van der Waals surface area contributed by atoms with E-state index in [4.69, 9.17) is 4.99 Å². The summed E-state index contributed by atoms with van der Waals surface area (Å²) >= 11 is 0. The zero-order chi connectivity index (χ0) is 25.6. The van der Waals surface area contributed by atoms with Gasteiger partial charge in [-0.2, -0.15) is 4.99 Å². The van der Waals surface area contributed by atoms with Gasteiger partial charge in [-0.05, 0) is 87.6 Å². The fourth-order valence-electron chi connectivity index (χ4n) is 7.03. The summed E-state index contributed by atoms with van der Waals surface area (Å²) in [5.74, 6) is 1.03. The maximum Gasteiger partial charge on any atom is 0.350 e. The van der Waals surface area contributed by atoms with Gasteiger partial charge in [-0.25, -0.2) is 13.6 Å². The normalized spacial score (nSPS) is 28.7. The molecule has 4 aliphatic rings. The first-order chi connectivity index (χ1) is 17.9. The second-order valence-electron chi connectivity index (χ2n) is 11.4. The highest BCUT2D eigenvalue weighted by Gasteiger charge is 2.56. The van der Waals surface area contributed by atoms with E-state index in [2.05, 4.69) is 16.7 Å². The molecule has 0 radical (unpaired) electrons. The number of amides is 2. The predicted molar refractivity (Wildman–Crippen MR) is 142 cm³/mol. The number of carbonyl (C=O) groups is 1. The number of urea groups is 1. The monoisotopic (exact) mass is 506 g/mol. The van der Waals surface area contributed by atoms with Crippen LogP contribution in [0.3, 0.4) is 0 Å². The number of hydrogen-bond acceptors (Lipinski definition) is 3. The molecular formula is C30H36F2N4O. The van der Waals surface area contributed by atoms with E-state index in [1.807, 2.05) is 18.2 Å². The molecule has 3 heterocycles. The molecule has 0 aromatic heterocycles. The third-order valence-electron chi connectivity index (χ3n) is 9.15. The van der Waals surface area contributed by atoms with Gasteiger partial charge in [-0.1, -0.05) is 30.7 Å². The van der Waals surface area contributed by atoms with Crippen molar-refractivity contribution in [1.82, 2.24) is 9.80 Å². The van der Waals surface area contributed by atoms with Crippen LogP contribution in [-0.4, -0.2) is 58.9 Å². The summed E-state index contributed by atoms with van der Waals surface area (Å²) in [5.41, 5.74) is 0.635. The van der Waals surface area contributed by atoms with E-state index >= 15 is 0 Å². The average molecular weight is 507 g/mol. The van der Waals surface area contributed by atoms with Crippen LogP contribution < -0.4 is 4.90 Å². The van der Waals surface area contributed by atoms with Crippen LogP contribution in [0.25, 0.3) is 0 Å². The lowest BCUT2D eigenvalue weighted by Crippen LogP contribution is -2.64. The molecule has 2 amide bonds. The van der Waals surface area contributed by atoms with Crippen molar-refractivity contribution in [2.75, 3.05) is 24.5 Å². The summed E-state index contributed by atoms with van der Waals surface area (Å²) in [4.78, 5) is 24.9. The summed E-state index contributed by atoms with van der Waals surface area (Å²) in [5, 5.41) is 0. The Labute approximate surface area is 218 Å². The van der Waals surface area contributed by atoms with E-state index in [1.165, 1.54) is 37.5 Å². The number of amidine groups is 1. The number of piperidine rings is 1. The number of hydrogen-bond donors (Lipinski definition) is 0. The van der Waals surface area contributed by atoms with Crippen molar-refractivity contribution in [1.29, 1.82) is 0 Å². The molecule has 0 bridgehead atoms. The zero-order valence-electron chi connectivity index (χ0n) is 21.6. The SMILES string of the molecule is C[C@@H]1C[C@]2(CCN1CC1CCC1)C(N1CCCC1Cc1ccccc1F)=NC(=O)N2c1cccc(F)c1. The van der Waals surface area contributed by atoms with Gasteiger partial charge in [-0.15, -0.1) is 0 Å². The van der Waals surface area contributed by atoms with Crippen LogP contribution in [0.5, 0.6) is 0 Å². The Morgan fingerprint density at radius 3 is 2.59 bits per heavy atom. The first-order valence-electron chi connectivity index (χ1n) is 13.9.